The van der Waals surface area contributed by atoms with Crippen molar-refractivity contribution in [3.05, 3.63) is 29.8 Å². The number of likely N-dealkylation sites (tertiary alicyclic amines) is 1. The standard InChI is InChI=1S/C19H21N3O2S/c1-13-5-3-4-8-22(13)18(23)12-25-19-15(11-20)9-14-10-16(24-2)6-7-17(14)21-19/h6-7,9-10,13H,3-5,8,12H2,1-2H3. The van der Waals surface area contributed by atoms with E-state index in [1.165, 1.54) is 18.2 Å². The molecule has 1 amide bonds. The topological polar surface area (TPSA) is 66.2 Å². The van der Waals surface area contributed by atoms with Crippen molar-refractivity contribution in [2.45, 2.75) is 37.3 Å². The van der Waals surface area contributed by atoms with Crippen LogP contribution in [0.5, 0.6) is 5.75 Å². The monoisotopic (exact) mass is 355 g/mol. The van der Waals surface area contributed by atoms with Gasteiger partial charge in [-0.15, -0.1) is 0 Å². The lowest BCUT2D eigenvalue weighted by Crippen LogP contribution is -2.42. The van der Waals surface area contributed by atoms with Gasteiger partial charge in [-0.1, -0.05) is 11.8 Å². The van der Waals surface area contributed by atoms with Crippen molar-refractivity contribution in [2.24, 2.45) is 0 Å². The van der Waals surface area contributed by atoms with Crippen molar-refractivity contribution in [2.75, 3.05) is 19.4 Å². The van der Waals surface area contributed by atoms with Crippen molar-refractivity contribution >= 4 is 28.6 Å². The molecule has 1 unspecified atom stereocenters. The van der Waals surface area contributed by atoms with Crippen LogP contribution in [-0.2, 0) is 4.79 Å². The van der Waals surface area contributed by atoms with Crippen LogP contribution in [0.3, 0.4) is 0 Å². The van der Waals surface area contributed by atoms with Gasteiger partial charge in [-0.3, -0.25) is 4.79 Å². The Labute approximate surface area is 152 Å². The van der Waals surface area contributed by atoms with Gasteiger partial charge in [0.25, 0.3) is 0 Å². The normalized spacial score (nSPS) is 17.3. The van der Waals surface area contributed by atoms with Gasteiger partial charge in [-0.25, -0.2) is 4.98 Å². The maximum atomic E-state index is 12.5. The molecule has 0 radical (unpaired) electrons. The first-order valence-electron chi connectivity index (χ1n) is 8.43. The zero-order valence-electron chi connectivity index (χ0n) is 14.5. The number of piperidine rings is 1. The van der Waals surface area contributed by atoms with Gasteiger partial charge in [-0.2, -0.15) is 5.26 Å². The SMILES string of the molecule is COc1ccc2nc(SCC(=O)N3CCCCC3C)c(C#N)cc2c1. The number of aromatic nitrogens is 1. The Kier molecular flexibility index (Phi) is 5.44. The Morgan fingerprint density at radius 3 is 3.00 bits per heavy atom. The van der Waals surface area contributed by atoms with Crippen molar-refractivity contribution < 1.29 is 9.53 Å². The number of rotatable bonds is 4. The fourth-order valence-electron chi connectivity index (χ4n) is 3.14. The number of ether oxygens (including phenoxy) is 1. The summed E-state index contributed by atoms with van der Waals surface area (Å²) >= 11 is 1.34. The summed E-state index contributed by atoms with van der Waals surface area (Å²) in [6, 6.07) is 9.87. The van der Waals surface area contributed by atoms with E-state index < -0.39 is 0 Å². The number of benzene rings is 1. The van der Waals surface area contributed by atoms with Gasteiger partial charge in [0, 0.05) is 18.0 Å². The molecule has 0 N–H and O–H groups in total. The minimum absolute atomic E-state index is 0.123. The fourth-order valence-corrected chi connectivity index (χ4v) is 3.98. The number of fused-ring (bicyclic) bond motifs is 1. The lowest BCUT2D eigenvalue weighted by molar-refractivity contribution is -0.131. The number of hydrogen-bond donors (Lipinski definition) is 0. The van der Waals surface area contributed by atoms with Gasteiger partial charge in [-0.05, 0) is 50.5 Å². The molecule has 2 heterocycles. The second-order valence-electron chi connectivity index (χ2n) is 6.23. The van der Waals surface area contributed by atoms with Crippen LogP contribution in [0.4, 0.5) is 0 Å². The van der Waals surface area contributed by atoms with Crippen molar-refractivity contribution in [1.82, 2.24) is 9.88 Å². The maximum Gasteiger partial charge on any atom is 0.233 e. The number of thioether (sulfide) groups is 1. The summed E-state index contributed by atoms with van der Waals surface area (Å²) in [6.07, 6.45) is 3.32. The highest BCUT2D eigenvalue weighted by molar-refractivity contribution is 8.00. The molecule has 6 heteroatoms. The molecule has 130 valence electrons. The molecule has 2 aromatic rings. The first-order valence-corrected chi connectivity index (χ1v) is 9.42. The third-order valence-corrected chi connectivity index (χ3v) is 5.54. The van der Waals surface area contributed by atoms with E-state index in [0.29, 0.717) is 22.4 Å². The molecule has 1 aliphatic rings. The Morgan fingerprint density at radius 2 is 2.28 bits per heavy atom. The number of amides is 1. The first kappa shape index (κ1) is 17.6. The van der Waals surface area contributed by atoms with Crippen LogP contribution in [0, 0.1) is 11.3 Å². The Balaban J connectivity index is 1.78. The molecule has 1 aromatic carbocycles. The quantitative estimate of drug-likeness (QED) is 0.784. The number of hydrogen-bond acceptors (Lipinski definition) is 5. The largest absolute Gasteiger partial charge is 0.497 e. The average Bonchev–Trinajstić information content (AvgIpc) is 2.65. The van der Waals surface area contributed by atoms with Crippen LogP contribution in [0.15, 0.2) is 29.3 Å². The number of carbonyl (C=O) groups excluding carboxylic acids is 1. The number of nitrogens with zero attached hydrogens (tertiary/aromatic N) is 3. The van der Waals surface area contributed by atoms with E-state index in [4.69, 9.17) is 4.74 Å². The van der Waals surface area contributed by atoms with Crippen molar-refractivity contribution in [3.8, 4) is 11.8 Å². The zero-order chi connectivity index (χ0) is 17.8. The molecular weight excluding hydrogens is 334 g/mol. The Bertz CT molecular complexity index is 831. The zero-order valence-corrected chi connectivity index (χ0v) is 15.3. The summed E-state index contributed by atoms with van der Waals surface area (Å²) < 4.78 is 5.22. The van der Waals surface area contributed by atoms with Gasteiger partial charge < -0.3 is 9.64 Å². The molecule has 1 fully saturated rings. The molecule has 1 saturated heterocycles. The smallest absolute Gasteiger partial charge is 0.233 e. The van der Waals surface area contributed by atoms with Crippen LogP contribution < -0.4 is 4.74 Å². The predicted molar refractivity (Wildman–Crippen MR) is 98.8 cm³/mol. The molecule has 0 spiro atoms. The van der Waals surface area contributed by atoms with Crippen LogP contribution in [-0.4, -0.2) is 41.2 Å². The molecular formula is C19H21N3O2S. The summed E-state index contributed by atoms with van der Waals surface area (Å²) in [4.78, 5) is 19.0. The highest BCUT2D eigenvalue weighted by Crippen LogP contribution is 2.28. The summed E-state index contributed by atoms with van der Waals surface area (Å²) in [5.74, 6) is 1.17. The molecule has 0 bridgehead atoms. The van der Waals surface area contributed by atoms with Crippen LogP contribution >= 0.6 is 11.8 Å². The second-order valence-corrected chi connectivity index (χ2v) is 7.20. The summed E-state index contributed by atoms with van der Waals surface area (Å²) in [7, 11) is 1.61. The molecule has 1 aromatic heterocycles. The maximum absolute atomic E-state index is 12.5. The van der Waals surface area contributed by atoms with E-state index in [1.807, 2.05) is 23.1 Å². The van der Waals surface area contributed by atoms with Gasteiger partial charge in [0.2, 0.25) is 5.91 Å². The van der Waals surface area contributed by atoms with E-state index in [1.54, 1.807) is 13.2 Å². The predicted octanol–water partition coefficient (Wildman–Crippen LogP) is 3.61. The molecule has 25 heavy (non-hydrogen) atoms. The minimum Gasteiger partial charge on any atom is -0.497 e. The van der Waals surface area contributed by atoms with Crippen molar-refractivity contribution in [3.63, 3.8) is 0 Å². The average molecular weight is 355 g/mol. The van der Waals surface area contributed by atoms with Crippen LogP contribution in [0.2, 0.25) is 0 Å². The van der Waals surface area contributed by atoms with Gasteiger partial charge in [0.05, 0.1) is 23.9 Å². The third-order valence-electron chi connectivity index (χ3n) is 4.56. The molecule has 3 rings (SSSR count). The first-order chi connectivity index (χ1) is 12.1. The Hall–Kier alpha value is -2.26. The van der Waals surface area contributed by atoms with Crippen LogP contribution in [0.1, 0.15) is 31.7 Å². The van der Waals surface area contributed by atoms with E-state index >= 15 is 0 Å². The highest BCUT2D eigenvalue weighted by Gasteiger charge is 2.23. The van der Waals surface area contributed by atoms with Gasteiger partial charge in [0.15, 0.2) is 0 Å². The molecule has 1 aliphatic heterocycles. The number of pyridine rings is 1. The third kappa shape index (κ3) is 3.88. The minimum atomic E-state index is 0.123. The van der Waals surface area contributed by atoms with Gasteiger partial charge in [0.1, 0.15) is 16.8 Å². The molecule has 0 aliphatic carbocycles. The van der Waals surface area contributed by atoms with E-state index in [0.717, 1.165) is 36.0 Å². The van der Waals surface area contributed by atoms with Gasteiger partial charge >= 0.3 is 0 Å². The summed E-state index contributed by atoms with van der Waals surface area (Å²) in [5, 5.41) is 10.9. The molecule has 0 saturated carbocycles. The number of methoxy groups -OCH3 is 1. The number of carbonyl (C=O) groups is 1. The second kappa shape index (κ2) is 7.75. The molecule has 5 nitrogen and oxygen atoms in total. The summed E-state index contributed by atoms with van der Waals surface area (Å²) in [5.41, 5.74) is 1.28. The van der Waals surface area contributed by atoms with Crippen LogP contribution in [0.25, 0.3) is 10.9 Å². The highest BCUT2D eigenvalue weighted by atomic mass is 32.2. The Morgan fingerprint density at radius 1 is 1.44 bits per heavy atom. The lowest BCUT2D eigenvalue weighted by atomic mass is 10.0. The fraction of sp³-hybridized carbons (Fsp3) is 0.421. The summed E-state index contributed by atoms with van der Waals surface area (Å²) in [6.45, 7) is 2.93. The molecule has 1 atom stereocenters. The number of nitriles is 1. The van der Waals surface area contributed by atoms with E-state index in [9.17, 15) is 10.1 Å². The van der Waals surface area contributed by atoms with Crippen molar-refractivity contribution in [1.29, 1.82) is 5.26 Å². The van der Waals surface area contributed by atoms with E-state index in [-0.39, 0.29) is 5.91 Å². The van der Waals surface area contributed by atoms with E-state index in [2.05, 4.69) is 18.0 Å². The lowest BCUT2D eigenvalue weighted by Gasteiger charge is -2.33.